The van der Waals surface area contributed by atoms with Gasteiger partial charge >= 0.3 is 5.97 Å². The van der Waals surface area contributed by atoms with Crippen molar-refractivity contribution in [1.29, 1.82) is 0 Å². The summed E-state index contributed by atoms with van der Waals surface area (Å²) in [5.74, 6) is 0.696. The maximum absolute atomic E-state index is 11.9. The molecule has 0 aliphatic heterocycles. The summed E-state index contributed by atoms with van der Waals surface area (Å²) < 4.78 is 4.92. The number of hydrogen-bond donors (Lipinski definition) is 1. The fraction of sp³-hybridized carbons (Fsp3) is 0.562. The van der Waals surface area contributed by atoms with E-state index in [0.717, 1.165) is 25.1 Å². The molecule has 0 spiro atoms. The third-order valence-electron chi connectivity index (χ3n) is 3.29. The van der Waals surface area contributed by atoms with Crippen molar-refractivity contribution in [2.24, 2.45) is 0 Å². The highest BCUT2D eigenvalue weighted by atomic mass is 32.2. The van der Waals surface area contributed by atoms with Gasteiger partial charge in [0.2, 0.25) is 0 Å². The van der Waals surface area contributed by atoms with E-state index in [-0.39, 0.29) is 5.97 Å². The fourth-order valence-corrected chi connectivity index (χ4v) is 2.97. The van der Waals surface area contributed by atoms with Crippen molar-refractivity contribution >= 4 is 17.7 Å². The molecule has 1 N–H and O–H groups in total. The number of aryl methyl sites for hydroxylation is 1. The van der Waals surface area contributed by atoms with Gasteiger partial charge in [0.05, 0.1) is 7.11 Å². The Kier molecular flexibility index (Phi) is 7.10. The van der Waals surface area contributed by atoms with Gasteiger partial charge in [0, 0.05) is 10.6 Å². The van der Waals surface area contributed by atoms with Crippen molar-refractivity contribution in [2.75, 3.05) is 19.4 Å². The predicted molar refractivity (Wildman–Crippen MR) is 85.2 cm³/mol. The molecule has 0 amide bonds. The van der Waals surface area contributed by atoms with Gasteiger partial charge < -0.3 is 10.1 Å². The molecule has 0 saturated carbocycles. The number of thioether (sulfide) groups is 1. The number of benzene rings is 1. The van der Waals surface area contributed by atoms with Crippen LogP contribution in [0.4, 0.5) is 0 Å². The Balaban J connectivity index is 2.53. The summed E-state index contributed by atoms with van der Waals surface area (Å²) in [4.78, 5) is 13.2. The summed E-state index contributed by atoms with van der Waals surface area (Å²) in [6.07, 6.45) is 1.75. The van der Waals surface area contributed by atoms with Crippen molar-refractivity contribution in [1.82, 2.24) is 5.32 Å². The first-order valence-electron chi connectivity index (χ1n) is 7.04. The van der Waals surface area contributed by atoms with E-state index in [4.69, 9.17) is 4.74 Å². The smallest absolute Gasteiger partial charge is 0.325 e. The van der Waals surface area contributed by atoms with Crippen LogP contribution in [0.15, 0.2) is 29.2 Å². The number of ether oxygens (including phenoxy) is 1. The maximum atomic E-state index is 11.9. The molecule has 0 heterocycles. The van der Waals surface area contributed by atoms with Crippen LogP contribution < -0.4 is 5.32 Å². The average molecular weight is 295 g/mol. The van der Waals surface area contributed by atoms with E-state index in [1.807, 2.05) is 6.92 Å². The first-order valence-corrected chi connectivity index (χ1v) is 8.03. The van der Waals surface area contributed by atoms with E-state index in [1.54, 1.807) is 11.8 Å². The summed E-state index contributed by atoms with van der Waals surface area (Å²) in [5.41, 5.74) is 0.668. The van der Waals surface area contributed by atoms with Crippen LogP contribution >= 0.6 is 11.8 Å². The average Bonchev–Trinajstić information content (AvgIpc) is 2.46. The molecule has 1 unspecified atom stereocenters. The van der Waals surface area contributed by atoms with Crippen LogP contribution in [0.2, 0.25) is 0 Å². The van der Waals surface area contributed by atoms with E-state index in [0.29, 0.717) is 0 Å². The zero-order chi connectivity index (χ0) is 15.0. The highest BCUT2D eigenvalue weighted by molar-refractivity contribution is 7.99. The Morgan fingerprint density at radius 3 is 2.55 bits per heavy atom. The van der Waals surface area contributed by atoms with E-state index in [9.17, 15) is 4.79 Å². The number of nitrogens with one attached hydrogen (secondary N) is 1. The molecule has 1 aromatic carbocycles. The molecule has 0 saturated heterocycles. The number of carbonyl (C=O) groups excluding carboxylic acids is 1. The molecule has 0 radical (unpaired) electrons. The SMILES string of the molecule is CCCNC(C)(CCSc1ccc(C)cc1)C(=O)OC. The van der Waals surface area contributed by atoms with Gasteiger partial charge in [-0.3, -0.25) is 4.79 Å². The van der Waals surface area contributed by atoms with Crippen LogP contribution in [0.3, 0.4) is 0 Å². The number of carbonyl (C=O) groups is 1. The second-order valence-electron chi connectivity index (χ2n) is 5.16. The van der Waals surface area contributed by atoms with Crippen LogP contribution in [0, 0.1) is 6.92 Å². The van der Waals surface area contributed by atoms with E-state index in [1.165, 1.54) is 17.6 Å². The number of methoxy groups -OCH3 is 1. The van der Waals surface area contributed by atoms with Crippen LogP contribution in [0.1, 0.15) is 32.3 Å². The van der Waals surface area contributed by atoms with Gasteiger partial charge in [-0.1, -0.05) is 24.6 Å². The molecule has 1 aromatic rings. The minimum absolute atomic E-state index is 0.185. The standard InChI is InChI=1S/C16H25NO2S/c1-5-11-17-16(3,15(18)19-4)10-12-20-14-8-6-13(2)7-9-14/h6-9,17H,5,10-12H2,1-4H3. The van der Waals surface area contributed by atoms with Gasteiger partial charge in [-0.15, -0.1) is 11.8 Å². The predicted octanol–water partition coefficient (Wildman–Crippen LogP) is 3.41. The van der Waals surface area contributed by atoms with Crippen molar-refractivity contribution in [3.63, 3.8) is 0 Å². The molecule has 0 fully saturated rings. The number of hydrogen-bond acceptors (Lipinski definition) is 4. The van der Waals surface area contributed by atoms with Crippen LogP contribution in [-0.4, -0.2) is 30.9 Å². The summed E-state index contributed by atoms with van der Waals surface area (Å²) in [7, 11) is 1.45. The molecule has 0 aromatic heterocycles. The molecular weight excluding hydrogens is 270 g/mol. The van der Waals surface area contributed by atoms with Crippen LogP contribution in [-0.2, 0) is 9.53 Å². The largest absolute Gasteiger partial charge is 0.468 e. The van der Waals surface area contributed by atoms with E-state index >= 15 is 0 Å². The van der Waals surface area contributed by atoms with Crippen LogP contribution in [0.5, 0.6) is 0 Å². The van der Waals surface area contributed by atoms with Crippen LogP contribution in [0.25, 0.3) is 0 Å². The lowest BCUT2D eigenvalue weighted by atomic mass is 9.99. The zero-order valence-corrected chi connectivity index (χ0v) is 13.7. The second kappa shape index (κ2) is 8.32. The molecule has 1 atom stereocenters. The molecule has 4 heteroatoms. The molecular formula is C16H25NO2S. The number of esters is 1. The van der Waals surface area contributed by atoms with Gasteiger partial charge in [-0.2, -0.15) is 0 Å². The molecule has 0 aliphatic rings. The van der Waals surface area contributed by atoms with Crippen molar-refractivity contribution < 1.29 is 9.53 Å². The molecule has 0 bridgehead atoms. The molecule has 20 heavy (non-hydrogen) atoms. The Hall–Kier alpha value is -1.00. The van der Waals surface area contributed by atoms with Crippen molar-refractivity contribution in [3.8, 4) is 0 Å². The first-order chi connectivity index (χ1) is 9.51. The monoisotopic (exact) mass is 295 g/mol. The molecule has 3 nitrogen and oxygen atoms in total. The summed E-state index contributed by atoms with van der Waals surface area (Å²) in [6, 6.07) is 8.46. The highest BCUT2D eigenvalue weighted by Gasteiger charge is 2.32. The Morgan fingerprint density at radius 2 is 2.00 bits per heavy atom. The minimum Gasteiger partial charge on any atom is -0.468 e. The lowest BCUT2D eigenvalue weighted by Gasteiger charge is -2.27. The van der Waals surface area contributed by atoms with Gasteiger partial charge in [-0.05, 0) is 45.4 Å². The van der Waals surface area contributed by atoms with Gasteiger partial charge in [0.1, 0.15) is 5.54 Å². The normalized spacial score (nSPS) is 13.8. The Labute approximate surface area is 126 Å². The quantitative estimate of drug-likeness (QED) is 0.589. The van der Waals surface area contributed by atoms with Gasteiger partial charge in [-0.25, -0.2) is 0 Å². The van der Waals surface area contributed by atoms with Gasteiger partial charge in [0.15, 0.2) is 0 Å². The third kappa shape index (κ3) is 5.17. The van der Waals surface area contributed by atoms with Crippen molar-refractivity contribution in [3.05, 3.63) is 29.8 Å². The second-order valence-corrected chi connectivity index (χ2v) is 6.33. The summed E-state index contributed by atoms with van der Waals surface area (Å²) >= 11 is 1.77. The molecule has 1 rings (SSSR count). The maximum Gasteiger partial charge on any atom is 0.325 e. The number of rotatable bonds is 8. The van der Waals surface area contributed by atoms with E-state index < -0.39 is 5.54 Å². The van der Waals surface area contributed by atoms with E-state index in [2.05, 4.69) is 43.4 Å². The topological polar surface area (TPSA) is 38.3 Å². The minimum atomic E-state index is -0.595. The Bertz CT molecular complexity index is 419. The zero-order valence-electron chi connectivity index (χ0n) is 12.9. The fourth-order valence-electron chi connectivity index (χ4n) is 1.90. The summed E-state index contributed by atoms with van der Waals surface area (Å²) in [5, 5.41) is 3.30. The van der Waals surface area contributed by atoms with Gasteiger partial charge in [0.25, 0.3) is 0 Å². The summed E-state index contributed by atoms with van der Waals surface area (Å²) in [6.45, 7) is 6.91. The first kappa shape index (κ1) is 17.1. The third-order valence-corrected chi connectivity index (χ3v) is 4.31. The van der Waals surface area contributed by atoms with Crippen molar-refractivity contribution in [2.45, 2.75) is 44.0 Å². The molecule has 112 valence electrons. The highest BCUT2D eigenvalue weighted by Crippen LogP contribution is 2.23. The Morgan fingerprint density at radius 1 is 1.35 bits per heavy atom. The lowest BCUT2D eigenvalue weighted by molar-refractivity contribution is -0.148. The lowest BCUT2D eigenvalue weighted by Crippen LogP contribution is -2.50. The molecule has 0 aliphatic carbocycles.